The second-order valence-corrected chi connectivity index (χ2v) is 8.66. The molecule has 1 aliphatic carbocycles. The lowest BCUT2D eigenvalue weighted by molar-refractivity contribution is -0.0775. The maximum Gasteiger partial charge on any atom is 0.240 e. The van der Waals surface area contributed by atoms with Gasteiger partial charge in [0.2, 0.25) is 10.0 Å². The topological polar surface area (TPSA) is 64.6 Å². The number of nitrogens with one attached hydrogen (secondary N) is 1. The molecule has 26 heavy (non-hydrogen) atoms. The summed E-state index contributed by atoms with van der Waals surface area (Å²) < 4.78 is 39.5. The second kappa shape index (κ2) is 7.12. The molecule has 0 amide bonds. The van der Waals surface area contributed by atoms with E-state index in [-0.39, 0.29) is 28.9 Å². The van der Waals surface area contributed by atoms with Crippen LogP contribution in [0.25, 0.3) is 11.1 Å². The Labute approximate surface area is 154 Å². The highest BCUT2D eigenvalue weighted by molar-refractivity contribution is 7.89. The Kier molecular flexibility index (Phi) is 4.84. The van der Waals surface area contributed by atoms with Gasteiger partial charge in [0.05, 0.1) is 17.6 Å². The summed E-state index contributed by atoms with van der Waals surface area (Å²) in [5.74, 6) is 0.319. The Balaban J connectivity index is 1.51. The van der Waals surface area contributed by atoms with Crippen molar-refractivity contribution in [1.29, 1.82) is 0 Å². The molecule has 0 spiro atoms. The summed E-state index contributed by atoms with van der Waals surface area (Å²) in [5.41, 5.74) is 2.06. The van der Waals surface area contributed by atoms with Gasteiger partial charge in [0.15, 0.2) is 0 Å². The van der Waals surface area contributed by atoms with Gasteiger partial charge >= 0.3 is 0 Å². The van der Waals surface area contributed by atoms with E-state index in [4.69, 9.17) is 9.47 Å². The Hall–Kier alpha value is -1.73. The zero-order chi connectivity index (χ0) is 18.1. The third-order valence-electron chi connectivity index (χ3n) is 5.45. The first kappa shape index (κ1) is 17.7. The van der Waals surface area contributed by atoms with Crippen molar-refractivity contribution in [2.24, 2.45) is 11.8 Å². The van der Waals surface area contributed by atoms with Crippen molar-refractivity contribution in [2.45, 2.75) is 23.5 Å². The fraction of sp³-hybridized carbons (Fsp3) is 0.400. The van der Waals surface area contributed by atoms with E-state index in [0.717, 1.165) is 17.5 Å². The van der Waals surface area contributed by atoms with Crippen LogP contribution in [-0.2, 0) is 19.5 Å². The van der Waals surface area contributed by atoms with Crippen molar-refractivity contribution >= 4 is 10.0 Å². The number of hydrogen-bond acceptors (Lipinski definition) is 4. The summed E-state index contributed by atoms with van der Waals surface area (Å²) in [6.45, 7) is 1.20. The molecule has 2 fully saturated rings. The van der Waals surface area contributed by atoms with E-state index < -0.39 is 10.0 Å². The van der Waals surface area contributed by atoms with Crippen LogP contribution >= 0.6 is 0 Å². The molecule has 0 aromatic heterocycles. The molecule has 1 N–H and O–H groups in total. The highest BCUT2D eigenvalue weighted by atomic mass is 32.2. The average Bonchev–Trinajstić information content (AvgIpc) is 3.10. The van der Waals surface area contributed by atoms with Crippen LogP contribution in [0.2, 0.25) is 0 Å². The fourth-order valence-electron chi connectivity index (χ4n) is 4.10. The van der Waals surface area contributed by atoms with Crippen LogP contribution in [-0.4, -0.2) is 40.9 Å². The normalized spacial score (nSPS) is 27.7. The quantitative estimate of drug-likeness (QED) is 0.846. The van der Waals surface area contributed by atoms with Crippen molar-refractivity contribution < 1.29 is 17.9 Å². The zero-order valence-corrected chi connectivity index (χ0v) is 15.5. The molecule has 6 heteroatoms. The fourth-order valence-corrected chi connectivity index (χ4v) is 5.44. The maximum atomic E-state index is 12.8. The molecule has 1 aliphatic heterocycles. The number of methoxy groups -OCH3 is 1. The molecule has 4 atom stereocenters. The van der Waals surface area contributed by atoms with Crippen LogP contribution in [0.15, 0.2) is 59.5 Å². The first-order valence-corrected chi connectivity index (χ1v) is 10.4. The standard InChI is InChI=1S/C20H23NO4S/c1-24-13-18-19(17-11-12-25-20(17)18)21-26(22,23)16-9-7-15(8-10-16)14-5-3-2-4-6-14/h2-10,17-21H,11-13H2,1H3/t17-,18+,19-,20-/m1/s1. The monoisotopic (exact) mass is 373 g/mol. The van der Waals surface area contributed by atoms with Crippen molar-refractivity contribution in [3.05, 3.63) is 54.6 Å². The molecule has 0 radical (unpaired) electrons. The Bertz CT molecular complexity index is 851. The second-order valence-electron chi connectivity index (χ2n) is 6.94. The van der Waals surface area contributed by atoms with E-state index in [2.05, 4.69) is 4.72 Å². The van der Waals surface area contributed by atoms with Crippen LogP contribution in [0.5, 0.6) is 0 Å². The Morgan fingerprint density at radius 3 is 2.46 bits per heavy atom. The lowest BCUT2D eigenvalue weighted by Crippen LogP contribution is -2.62. The molecule has 2 aromatic carbocycles. The van der Waals surface area contributed by atoms with Gasteiger partial charge in [-0.05, 0) is 29.7 Å². The minimum Gasteiger partial charge on any atom is -0.384 e. The maximum absolute atomic E-state index is 12.8. The van der Waals surface area contributed by atoms with Crippen molar-refractivity contribution in [3.8, 4) is 11.1 Å². The van der Waals surface area contributed by atoms with E-state index in [1.165, 1.54) is 0 Å². The van der Waals surface area contributed by atoms with E-state index in [0.29, 0.717) is 13.2 Å². The van der Waals surface area contributed by atoms with Crippen LogP contribution in [0.1, 0.15) is 6.42 Å². The molecule has 1 saturated heterocycles. The smallest absolute Gasteiger partial charge is 0.240 e. The molecule has 138 valence electrons. The number of fused-ring (bicyclic) bond motifs is 1. The number of benzene rings is 2. The number of sulfonamides is 1. The van der Waals surface area contributed by atoms with Gasteiger partial charge in [0.25, 0.3) is 0 Å². The van der Waals surface area contributed by atoms with Crippen molar-refractivity contribution in [1.82, 2.24) is 4.72 Å². The third kappa shape index (κ3) is 3.18. The first-order valence-electron chi connectivity index (χ1n) is 8.88. The first-order chi connectivity index (χ1) is 12.6. The molecule has 1 saturated carbocycles. The van der Waals surface area contributed by atoms with Gasteiger partial charge in [-0.3, -0.25) is 0 Å². The van der Waals surface area contributed by atoms with Gasteiger partial charge < -0.3 is 9.47 Å². The lowest BCUT2D eigenvalue weighted by Gasteiger charge is -2.47. The van der Waals surface area contributed by atoms with Gasteiger partial charge in [-0.15, -0.1) is 0 Å². The van der Waals surface area contributed by atoms with Crippen LogP contribution in [0, 0.1) is 11.8 Å². The molecule has 2 aromatic rings. The largest absolute Gasteiger partial charge is 0.384 e. The molecule has 5 nitrogen and oxygen atoms in total. The summed E-state index contributed by atoms with van der Waals surface area (Å²) in [6.07, 6.45) is 1.01. The molecular weight excluding hydrogens is 350 g/mol. The predicted molar refractivity (Wildman–Crippen MR) is 99.2 cm³/mol. The van der Waals surface area contributed by atoms with Gasteiger partial charge in [-0.1, -0.05) is 42.5 Å². The summed E-state index contributed by atoms with van der Waals surface area (Å²) in [4.78, 5) is 0.288. The number of hydrogen-bond donors (Lipinski definition) is 1. The molecular formula is C20H23NO4S. The van der Waals surface area contributed by atoms with Gasteiger partial charge in [0.1, 0.15) is 0 Å². The zero-order valence-electron chi connectivity index (χ0n) is 14.7. The van der Waals surface area contributed by atoms with Gasteiger partial charge in [0, 0.05) is 31.6 Å². The minimum atomic E-state index is -3.57. The third-order valence-corrected chi connectivity index (χ3v) is 6.93. The SMILES string of the molecule is COC[C@H]1[C@H](NS(=O)(=O)c2ccc(-c3ccccc3)cc2)[C@H]2CCO[C@H]21. The summed E-state index contributed by atoms with van der Waals surface area (Å²) >= 11 is 0. The van der Waals surface area contributed by atoms with Gasteiger partial charge in [-0.2, -0.15) is 0 Å². The summed E-state index contributed by atoms with van der Waals surface area (Å²) in [7, 11) is -1.94. The summed E-state index contributed by atoms with van der Waals surface area (Å²) in [6, 6.07) is 16.8. The average molecular weight is 373 g/mol. The van der Waals surface area contributed by atoms with Crippen molar-refractivity contribution in [2.75, 3.05) is 20.3 Å². The predicted octanol–water partition coefficient (Wildman–Crippen LogP) is 2.68. The van der Waals surface area contributed by atoms with Crippen LogP contribution in [0.3, 0.4) is 0 Å². The van der Waals surface area contributed by atoms with Crippen LogP contribution < -0.4 is 4.72 Å². The van der Waals surface area contributed by atoms with Crippen LogP contribution in [0.4, 0.5) is 0 Å². The minimum absolute atomic E-state index is 0.0749. The molecule has 4 rings (SSSR count). The highest BCUT2D eigenvalue weighted by Crippen LogP contribution is 2.44. The van der Waals surface area contributed by atoms with E-state index in [1.807, 2.05) is 42.5 Å². The molecule has 2 aliphatic rings. The molecule has 0 unspecified atom stereocenters. The summed E-state index contributed by atoms with van der Waals surface area (Å²) in [5, 5.41) is 0. The van der Waals surface area contributed by atoms with E-state index >= 15 is 0 Å². The van der Waals surface area contributed by atoms with E-state index in [9.17, 15) is 8.42 Å². The van der Waals surface area contributed by atoms with Gasteiger partial charge in [-0.25, -0.2) is 13.1 Å². The number of ether oxygens (including phenoxy) is 2. The Morgan fingerprint density at radius 2 is 1.77 bits per heavy atom. The Morgan fingerprint density at radius 1 is 1.08 bits per heavy atom. The lowest BCUT2D eigenvalue weighted by atomic mass is 9.68. The van der Waals surface area contributed by atoms with E-state index in [1.54, 1.807) is 19.2 Å². The van der Waals surface area contributed by atoms with Crippen molar-refractivity contribution in [3.63, 3.8) is 0 Å². The molecule has 0 bridgehead atoms. The highest BCUT2D eigenvalue weighted by Gasteiger charge is 2.54. The number of rotatable bonds is 6. The molecule has 1 heterocycles.